The quantitative estimate of drug-likeness (QED) is 0.691. The Morgan fingerprint density at radius 3 is 2.64 bits per heavy atom. The predicted octanol–water partition coefficient (Wildman–Crippen LogP) is 3.58. The van der Waals surface area contributed by atoms with Crippen molar-refractivity contribution in [3.8, 4) is 0 Å². The zero-order valence-electron chi connectivity index (χ0n) is 15.9. The van der Waals surface area contributed by atoms with Crippen molar-refractivity contribution in [2.45, 2.75) is 18.6 Å². The molecular weight excluding hydrogens is 372 g/mol. The Kier molecular flexibility index (Phi) is 7.79. The lowest BCUT2D eigenvalue weighted by Gasteiger charge is -2.31. The second kappa shape index (κ2) is 10.8. The van der Waals surface area contributed by atoms with Gasteiger partial charge in [-0.05, 0) is 42.5 Å². The fourth-order valence-electron chi connectivity index (χ4n) is 3.15. The summed E-state index contributed by atoms with van der Waals surface area (Å²) in [5, 5.41) is 3.04. The molecule has 0 atom stereocenters. The van der Waals surface area contributed by atoms with Crippen molar-refractivity contribution < 1.29 is 14.0 Å². The van der Waals surface area contributed by atoms with Gasteiger partial charge in [-0.2, -0.15) is 0 Å². The molecule has 0 bridgehead atoms. The van der Waals surface area contributed by atoms with Crippen LogP contribution in [0.25, 0.3) is 6.08 Å². The number of benzene rings is 1. The summed E-state index contributed by atoms with van der Waals surface area (Å²) < 4.78 is 5.20. The Bertz CT molecular complexity index is 766. The molecule has 0 unspecified atom stereocenters. The summed E-state index contributed by atoms with van der Waals surface area (Å²) in [6, 6.07) is 13.8. The van der Waals surface area contributed by atoms with Gasteiger partial charge in [-0.15, -0.1) is 11.8 Å². The van der Waals surface area contributed by atoms with Crippen molar-refractivity contribution in [3.63, 3.8) is 0 Å². The van der Waals surface area contributed by atoms with Crippen molar-refractivity contribution in [2.75, 3.05) is 25.4 Å². The maximum atomic E-state index is 12.2. The van der Waals surface area contributed by atoms with Gasteiger partial charge in [0.15, 0.2) is 0 Å². The number of furan rings is 1. The number of nitrogens with zero attached hydrogens (tertiary/aromatic N) is 1. The molecule has 1 fully saturated rings. The van der Waals surface area contributed by atoms with E-state index in [1.54, 1.807) is 36.2 Å². The Morgan fingerprint density at radius 1 is 1.14 bits per heavy atom. The molecule has 5 nitrogen and oxygen atoms in total. The summed E-state index contributed by atoms with van der Waals surface area (Å²) in [6.07, 6.45) is 6.67. The summed E-state index contributed by atoms with van der Waals surface area (Å²) in [5.41, 5.74) is 1.23. The van der Waals surface area contributed by atoms with Crippen LogP contribution < -0.4 is 5.32 Å². The molecule has 148 valence electrons. The van der Waals surface area contributed by atoms with Gasteiger partial charge in [-0.1, -0.05) is 30.3 Å². The topological polar surface area (TPSA) is 62.6 Å². The first-order valence-corrected chi connectivity index (χ1v) is 10.7. The summed E-state index contributed by atoms with van der Waals surface area (Å²) in [5.74, 6) is 2.53. The first kappa shape index (κ1) is 20.3. The third kappa shape index (κ3) is 6.60. The number of hydrogen-bond donors (Lipinski definition) is 1. The number of nitrogens with one attached hydrogen (secondary N) is 1. The van der Waals surface area contributed by atoms with Crippen LogP contribution in [0.2, 0.25) is 0 Å². The van der Waals surface area contributed by atoms with Crippen LogP contribution in [0.4, 0.5) is 0 Å². The number of hydrogen-bond acceptors (Lipinski definition) is 4. The maximum absolute atomic E-state index is 12.2. The van der Waals surface area contributed by atoms with Crippen LogP contribution in [0.1, 0.15) is 24.2 Å². The third-order valence-electron chi connectivity index (χ3n) is 4.79. The summed E-state index contributed by atoms with van der Waals surface area (Å²) >= 11 is 1.63. The van der Waals surface area contributed by atoms with Gasteiger partial charge in [0.2, 0.25) is 11.8 Å². The molecule has 3 rings (SSSR count). The minimum atomic E-state index is 0.0104. The molecule has 0 aliphatic carbocycles. The third-order valence-corrected chi connectivity index (χ3v) is 5.80. The molecule has 6 heteroatoms. The van der Waals surface area contributed by atoms with Gasteiger partial charge in [0, 0.05) is 31.5 Å². The van der Waals surface area contributed by atoms with Gasteiger partial charge in [-0.25, -0.2) is 0 Å². The number of carbonyl (C=O) groups is 2. The van der Waals surface area contributed by atoms with Crippen molar-refractivity contribution >= 4 is 29.7 Å². The van der Waals surface area contributed by atoms with Crippen LogP contribution >= 0.6 is 11.8 Å². The average Bonchev–Trinajstić information content (AvgIpc) is 3.25. The van der Waals surface area contributed by atoms with Crippen LogP contribution in [-0.2, 0) is 15.3 Å². The maximum Gasteiger partial charge on any atom is 0.246 e. The van der Waals surface area contributed by atoms with Crippen LogP contribution in [-0.4, -0.2) is 42.1 Å². The van der Waals surface area contributed by atoms with Gasteiger partial charge in [0.1, 0.15) is 5.76 Å². The molecule has 2 amide bonds. The van der Waals surface area contributed by atoms with Gasteiger partial charge >= 0.3 is 0 Å². The van der Waals surface area contributed by atoms with E-state index in [0.29, 0.717) is 24.0 Å². The summed E-state index contributed by atoms with van der Waals surface area (Å²) in [7, 11) is 0. The molecule has 1 aromatic carbocycles. The number of carbonyl (C=O) groups excluding carboxylic acids is 2. The molecule has 1 N–H and O–H groups in total. The molecule has 0 saturated carbocycles. The van der Waals surface area contributed by atoms with Gasteiger partial charge in [0.05, 0.1) is 12.0 Å². The Hall–Kier alpha value is -2.47. The van der Waals surface area contributed by atoms with Crippen molar-refractivity contribution in [2.24, 2.45) is 5.92 Å². The van der Waals surface area contributed by atoms with Gasteiger partial charge in [-0.3, -0.25) is 9.59 Å². The zero-order valence-corrected chi connectivity index (χ0v) is 16.7. The number of likely N-dealkylation sites (tertiary alicyclic amines) is 1. The average molecular weight is 399 g/mol. The minimum Gasteiger partial charge on any atom is -0.465 e. The monoisotopic (exact) mass is 398 g/mol. The first-order chi connectivity index (χ1) is 13.7. The minimum absolute atomic E-state index is 0.0104. The second-order valence-corrected chi connectivity index (χ2v) is 7.89. The first-order valence-electron chi connectivity index (χ1n) is 9.59. The SMILES string of the molecule is O=C(CSCc1ccccc1)NCC1CCN(C(=O)C=Cc2ccco2)CC1. The molecule has 0 spiro atoms. The smallest absolute Gasteiger partial charge is 0.246 e. The van der Waals surface area contributed by atoms with Crippen molar-refractivity contribution in [1.29, 1.82) is 0 Å². The number of piperidine rings is 1. The normalized spacial score (nSPS) is 15.1. The summed E-state index contributed by atoms with van der Waals surface area (Å²) in [6.45, 7) is 2.14. The molecule has 1 saturated heterocycles. The molecule has 28 heavy (non-hydrogen) atoms. The molecular formula is C22H26N2O3S. The highest BCUT2D eigenvalue weighted by molar-refractivity contribution is 7.99. The van der Waals surface area contributed by atoms with Crippen LogP contribution in [0.5, 0.6) is 0 Å². The highest BCUT2D eigenvalue weighted by atomic mass is 32.2. The lowest BCUT2D eigenvalue weighted by atomic mass is 9.96. The van der Waals surface area contributed by atoms with Crippen LogP contribution in [0, 0.1) is 5.92 Å². The van der Waals surface area contributed by atoms with Crippen molar-refractivity contribution in [3.05, 3.63) is 66.1 Å². The fourth-order valence-corrected chi connectivity index (χ4v) is 3.97. The molecule has 0 radical (unpaired) electrons. The highest BCUT2D eigenvalue weighted by Gasteiger charge is 2.21. The largest absolute Gasteiger partial charge is 0.465 e. The number of thioether (sulfide) groups is 1. The van der Waals surface area contributed by atoms with E-state index < -0.39 is 0 Å². The van der Waals surface area contributed by atoms with Gasteiger partial charge in [0.25, 0.3) is 0 Å². The lowest BCUT2D eigenvalue weighted by molar-refractivity contribution is -0.127. The standard InChI is InChI=1S/C22H26N2O3S/c25-21(17-28-16-19-5-2-1-3-6-19)23-15-18-10-12-24(13-11-18)22(26)9-8-20-7-4-14-27-20/h1-9,14,18H,10-13,15-17H2,(H,23,25). The molecule has 2 aromatic rings. The molecule has 1 aromatic heterocycles. The number of rotatable bonds is 8. The van der Waals surface area contributed by atoms with E-state index in [2.05, 4.69) is 17.4 Å². The van der Waals surface area contributed by atoms with Gasteiger partial charge < -0.3 is 14.6 Å². The molecule has 1 aliphatic rings. The van der Waals surface area contributed by atoms with E-state index in [-0.39, 0.29) is 11.8 Å². The highest BCUT2D eigenvalue weighted by Crippen LogP contribution is 2.17. The van der Waals surface area contributed by atoms with Crippen LogP contribution in [0.3, 0.4) is 0 Å². The van der Waals surface area contributed by atoms with E-state index in [9.17, 15) is 9.59 Å². The molecule has 2 heterocycles. The Morgan fingerprint density at radius 2 is 1.93 bits per heavy atom. The van der Waals surface area contributed by atoms with E-state index in [4.69, 9.17) is 4.42 Å². The summed E-state index contributed by atoms with van der Waals surface area (Å²) in [4.78, 5) is 26.1. The second-order valence-electron chi connectivity index (χ2n) is 6.90. The van der Waals surface area contributed by atoms with E-state index in [1.807, 2.05) is 29.2 Å². The van der Waals surface area contributed by atoms with Crippen LogP contribution in [0.15, 0.2) is 59.2 Å². The predicted molar refractivity (Wildman–Crippen MR) is 113 cm³/mol. The van der Waals surface area contributed by atoms with E-state index in [1.165, 1.54) is 5.56 Å². The number of amides is 2. The Labute approximate surface area is 170 Å². The fraction of sp³-hybridized carbons (Fsp3) is 0.364. The molecule has 1 aliphatic heterocycles. The lowest BCUT2D eigenvalue weighted by Crippen LogP contribution is -2.41. The van der Waals surface area contributed by atoms with E-state index >= 15 is 0 Å². The Balaban J connectivity index is 1.29. The zero-order chi connectivity index (χ0) is 19.6. The van der Waals surface area contributed by atoms with Crippen molar-refractivity contribution in [1.82, 2.24) is 10.2 Å². The van der Waals surface area contributed by atoms with E-state index in [0.717, 1.165) is 31.7 Å².